The number of benzene rings is 1. The normalized spacial score (nSPS) is 17.4. The van der Waals surface area contributed by atoms with Gasteiger partial charge in [-0.3, -0.25) is 9.69 Å². The molecule has 0 saturated carbocycles. The van der Waals surface area contributed by atoms with Crippen LogP contribution >= 0.6 is 0 Å². The average Bonchev–Trinajstić information content (AvgIpc) is 3.41. The molecule has 1 atom stereocenters. The third kappa shape index (κ3) is 8.03. The molecule has 4 rings (SSSR count). The van der Waals surface area contributed by atoms with Gasteiger partial charge in [-0.05, 0) is 84.5 Å². The van der Waals surface area contributed by atoms with Crippen molar-refractivity contribution in [3.8, 4) is 11.6 Å². The van der Waals surface area contributed by atoms with Crippen molar-refractivity contribution in [2.75, 3.05) is 57.8 Å². The molecule has 244 valence electrons. The standard InChI is InChI=1S/C33H52FN7O3/c1-9-41(24(4)5)31(42)26-17-25(34)12-13-28(26)44-30-29(36-22-37-38-30)39-16-14-33(19-39)20-40(21-33)27(23(2)3)11-10-15-35-18-32(6,7)43-8/h12-13,17,22-24,27,35H,9-11,14-16,18-21H2,1-8H3/t27-/m1/s1. The van der Waals surface area contributed by atoms with Crippen molar-refractivity contribution in [3.63, 3.8) is 0 Å². The number of carbonyl (C=O) groups excluding carboxylic acids is 1. The van der Waals surface area contributed by atoms with E-state index in [1.54, 1.807) is 12.0 Å². The molecule has 1 N–H and O–H groups in total. The topological polar surface area (TPSA) is 96.0 Å². The third-order valence-corrected chi connectivity index (χ3v) is 9.19. The molecule has 1 aromatic heterocycles. The number of carbonyl (C=O) groups is 1. The molecule has 2 aliphatic heterocycles. The summed E-state index contributed by atoms with van der Waals surface area (Å²) in [5, 5.41) is 11.8. The molecule has 0 radical (unpaired) electrons. The summed E-state index contributed by atoms with van der Waals surface area (Å²) in [6.07, 6.45) is 4.78. The lowest BCUT2D eigenvalue weighted by Crippen LogP contribution is -2.62. The lowest BCUT2D eigenvalue weighted by Gasteiger charge is -2.53. The van der Waals surface area contributed by atoms with Gasteiger partial charge in [0.1, 0.15) is 17.9 Å². The fourth-order valence-electron chi connectivity index (χ4n) is 6.56. The quantitative estimate of drug-likeness (QED) is 0.278. The van der Waals surface area contributed by atoms with Crippen molar-refractivity contribution >= 4 is 11.7 Å². The molecule has 2 aromatic rings. The second-order valence-corrected chi connectivity index (χ2v) is 13.7. The smallest absolute Gasteiger partial charge is 0.282 e. The zero-order valence-corrected chi connectivity index (χ0v) is 27.9. The average molecular weight is 614 g/mol. The van der Waals surface area contributed by atoms with E-state index in [1.807, 2.05) is 20.8 Å². The Kier molecular flexibility index (Phi) is 11.2. The van der Waals surface area contributed by atoms with Crippen molar-refractivity contribution in [2.45, 2.75) is 85.4 Å². The number of rotatable bonds is 15. The van der Waals surface area contributed by atoms with Crippen LogP contribution in [0.3, 0.4) is 0 Å². The first-order valence-corrected chi connectivity index (χ1v) is 16.1. The summed E-state index contributed by atoms with van der Waals surface area (Å²) in [5.74, 6) is 0.846. The van der Waals surface area contributed by atoms with Crippen molar-refractivity contribution in [1.29, 1.82) is 0 Å². The molecule has 0 bridgehead atoms. The van der Waals surface area contributed by atoms with E-state index in [2.05, 4.69) is 58.0 Å². The molecule has 3 heterocycles. The van der Waals surface area contributed by atoms with Gasteiger partial charge >= 0.3 is 0 Å². The highest BCUT2D eigenvalue weighted by atomic mass is 19.1. The molecule has 1 spiro atoms. The molecule has 1 amide bonds. The van der Waals surface area contributed by atoms with Gasteiger partial charge in [-0.15, -0.1) is 10.2 Å². The molecule has 2 aliphatic rings. The van der Waals surface area contributed by atoms with Gasteiger partial charge in [-0.25, -0.2) is 9.37 Å². The predicted octanol–water partition coefficient (Wildman–Crippen LogP) is 5.01. The fraction of sp³-hybridized carbons (Fsp3) is 0.697. The number of aromatic nitrogens is 3. The highest BCUT2D eigenvalue weighted by Crippen LogP contribution is 2.44. The SMILES string of the molecule is CCN(C(=O)c1cc(F)ccc1Oc1nncnc1N1CCC2(C1)CN([C@H](CCCNCC(C)(C)OC)C(C)C)C2)C(C)C. The van der Waals surface area contributed by atoms with Crippen LogP contribution in [0.2, 0.25) is 0 Å². The van der Waals surface area contributed by atoms with Gasteiger partial charge in [-0.2, -0.15) is 0 Å². The van der Waals surface area contributed by atoms with Crippen LogP contribution in [0.5, 0.6) is 11.6 Å². The first-order chi connectivity index (χ1) is 20.9. The van der Waals surface area contributed by atoms with Gasteiger partial charge in [-0.1, -0.05) is 13.8 Å². The minimum absolute atomic E-state index is 0.0412. The summed E-state index contributed by atoms with van der Waals surface area (Å²) < 4.78 is 26.0. The summed E-state index contributed by atoms with van der Waals surface area (Å²) in [5.41, 5.74) is 0.205. The van der Waals surface area contributed by atoms with Crippen molar-refractivity contribution in [1.82, 2.24) is 30.3 Å². The van der Waals surface area contributed by atoms with E-state index in [1.165, 1.54) is 24.5 Å². The van der Waals surface area contributed by atoms with Crippen LogP contribution in [-0.2, 0) is 4.74 Å². The fourth-order valence-corrected chi connectivity index (χ4v) is 6.56. The van der Waals surface area contributed by atoms with Crippen LogP contribution in [0, 0.1) is 17.2 Å². The van der Waals surface area contributed by atoms with Crippen molar-refractivity contribution in [3.05, 3.63) is 35.9 Å². The summed E-state index contributed by atoms with van der Waals surface area (Å²) >= 11 is 0. The number of anilines is 1. The second kappa shape index (κ2) is 14.5. The molecule has 2 fully saturated rings. The Morgan fingerprint density at radius 3 is 2.61 bits per heavy atom. The van der Waals surface area contributed by atoms with E-state index >= 15 is 0 Å². The van der Waals surface area contributed by atoms with Crippen molar-refractivity contribution in [2.24, 2.45) is 11.3 Å². The first-order valence-electron chi connectivity index (χ1n) is 16.1. The summed E-state index contributed by atoms with van der Waals surface area (Å²) in [6.45, 7) is 20.7. The van der Waals surface area contributed by atoms with Crippen LogP contribution in [0.15, 0.2) is 24.5 Å². The number of likely N-dealkylation sites (tertiary alicyclic amines) is 1. The summed E-state index contributed by atoms with van der Waals surface area (Å²) in [6, 6.07) is 4.50. The molecular weight excluding hydrogens is 561 g/mol. The summed E-state index contributed by atoms with van der Waals surface area (Å²) in [4.78, 5) is 24.4. The number of nitrogens with zero attached hydrogens (tertiary/aromatic N) is 6. The molecular formula is C33H52FN7O3. The minimum atomic E-state index is -0.500. The first kappa shape index (κ1) is 34.0. The number of methoxy groups -OCH3 is 1. The number of nitrogens with one attached hydrogen (secondary N) is 1. The van der Waals surface area contributed by atoms with Crippen LogP contribution in [-0.4, -0.2) is 101 Å². The van der Waals surface area contributed by atoms with E-state index in [-0.39, 0.29) is 40.2 Å². The van der Waals surface area contributed by atoms with Gasteiger partial charge in [0, 0.05) is 63.9 Å². The van der Waals surface area contributed by atoms with E-state index < -0.39 is 5.82 Å². The molecule has 2 saturated heterocycles. The Balaban J connectivity index is 1.39. The van der Waals surface area contributed by atoms with Crippen LogP contribution in [0.25, 0.3) is 0 Å². The highest BCUT2D eigenvalue weighted by Gasteiger charge is 2.50. The Hall–Kier alpha value is -2.89. The van der Waals surface area contributed by atoms with Crippen LogP contribution < -0.4 is 15.0 Å². The minimum Gasteiger partial charge on any atom is -0.434 e. The monoisotopic (exact) mass is 613 g/mol. The van der Waals surface area contributed by atoms with E-state index in [0.717, 1.165) is 58.5 Å². The number of ether oxygens (including phenoxy) is 2. The Labute approximate surface area is 262 Å². The van der Waals surface area contributed by atoms with Crippen LogP contribution in [0.4, 0.5) is 10.2 Å². The van der Waals surface area contributed by atoms with E-state index in [0.29, 0.717) is 24.3 Å². The number of hydrogen-bond donors (Lipinski definition) is 1. The lowest BCUT2D eigenvalue weighted by atomic mass is 9.76. The van der Waals surface area contributed by atoms with E-state index in [4.69, 9.17) is 9.47 Å². The maximum absolute atomic E-state index is 14.3. The highest BCUT2D eigenvalue weighted by molar-refractivity contribution is 5.97. The Morgan fingerprint density at radius 1 is 1.20 bits per heavy atom. The molecule has 11 heteroatoms. The maximum atomic E-state index is 14.3. The number of halogens is 1. The van der Waals surface area contributed by atoms with Gasteiger partial charge in [0.15, 0.2) is 5.82 Å². The Morgan fingerprint density at radius 2 is 1.95 bits per heavy atom. The van der Waals surface area contributed by atoms with Gasteiger partial charge < -0.3 is 24.6 Å². The van der Waals surface area contributed by atoms with Gasteiger partial charge in [0.2, 0.25) is 0 Å². The van der Waals surface area contributed by atoms with Crippen LogP contribution in [0.1, 0.15) is 78.1 Å². The zero-order chi connectivity index (χ0) is 32.1. The largest absolute Gasteiger partial charge is 0.434 e. The van der Waals surface area contributed by atoms with E-state index in [9.17, 15) is 9.18 Å². The Bertz CT molecular complexity index is 1250. The van der Waals surface area contributed by atoms with Crippen molar-refractivity contribution < 1.29 is 18.7 Å². The van der Waals surface area contributed by atoms with Gasteiger partial charge in [0.25, 0.3) is 11.8 Å². The molecule has 0 unspecified atom stereocenters. The number of amides is 1. The lowest BCUT2D eigenvalue weighted by molar-refractivity contribution is -0.0340. The summed E-state index contributed by atoms with van der Waals surface area (Å²) in [7, 11) is 1.76. The molecule has 44 heavy (non-hydrogen) atoms. The number of hydrogen-bond acceptors (Lipinski definition) is 9. The molecule has 10 nitrogen and oxygen atoms in total. The molecule has 1 aromatic carbocycles. The zero-order valence-electron chi connectivity index (χ0n) is 27.9. The maximum Gasteiger partial charge on any atom is 0.282 e. The predicted molar refractivity (Wildman–Crippen MR) is 171 cm³/mol. The second-order valence-electron chi connectivity index (χ2n) is 13.7. The third-order valence-electron chi connectivity index (χ3n) is 9.19. The molecule has 0 aliphatic carbocycles. The van der Waals surface area contributed by atoms with Gasteiger partial charge in [0.05, 0.1) is 11.2 Å².